The number of hydrogen-bond donors (Lipinski definition) is 1. The van der Waals surface area contributed by atoms with Gasteiger partial charge in [-0.2, -0.15) is 0 Å². The van der Waals surface area contributed by atoms with E-state index >= 15 is 0 Å². The highest BCUT2D eigenvalue weighted by Gasteiger charge is 2.11. The van der Waals surface area contributed by atoms with Crippen LogP contribution in [0.3, 0.4) is 0 Å². The van der Waals surface area contributed by atoms with E-state index in [1.165, 1.54) is 22.2 Å². The van der Waals surface area contributed by atoms with Gasteiger partial charge in [0.1, 0.15) is 23.3 Å². The second kappa shape index (κ2) is 8.11. The first-order valence-electron chi connectivity index (χ1n) is 8.09. The summed E-state index contributed by atoms with van der Waals surface area (Å²) in [6, 6.07) is 8.17. The van der Waals surface area contributed by atoms with E-state index in [0.717, 1.165) is 0 Å². The minimum Gasteiger partial charge on any atom is -0.491 e. The maximum Gasteiger partial charge on any atom is 0.338 e. The highest BCUT2D eigenvalue weighted by molar-refractivity contribution is 7.16. The Morgan fingerprint density at radius 1 is 1.31 bits per heavy atom. The van der Waals surface area contributed by atoms with Crippen LogP contribution >= 0.6 is 11.3 Å². The molecule has 0 radical (unpaired) electrons. The average Bonchev–Trinajstić information content (AvgIpc) is 3.12. The molecule has 136 valence electrons. The second-order valence-corrected chi connectivity index (χ2v) is 6.45. The van der Waals surface area contributed by atoms with E-state index in [-0.39, 0.29) is 18.7 Å². The summed E-state index contributed by atoms with van der Waals surface area (Å²) >= 11 is 1.40. The van der Waals surface area contributed by atoms with Gasteiger partial charge in [-0.05, 0) is 42.6 Å². The zero-order chi connectivity index (χ0) is 18.5. The predicted octanol–water partition coefficient (Wildman–Crippen LogP) is 2.07. The Kier molecular flexibility index (Phi) is 5.65. The molecule has 3 aromatic rings. The standard InChI is InChI=1S/C18H18N2O5S/c1-2-24-18(23)12-3-5-14(6-4-12)25-10-13(21)9-20-11-19-16-15(17(20)22)7-8-26-16/h3-8,11,13,21H,2,9-10H2,1H3/t13-/m0/s1. The lowest BCUT2D eigenvalue weighted by Gasteiger charge is -2.14. The SMILES string of the molecule is CCOC(=O)c1ccc(OC[C@@H](O)Cn2cnc3sccc3c2=O)cc1. The fourth-order valence-corrected chi connectivity index (χ4v) is 3.12. The fraction of sp³-hybridized carbons (Fsp3) is 0.278. The molecule has 0 bridgehead atoms. The van der Waals surface area contributed by atoms with E-state index in [4.69, 9.17) is 9.47 Å². The molecule has 0 aliphatic rings. The number of rotatable bonds is 7. The van der Waals surface area contributed by atoms with Crippen LogP contribution in [0.2, 0.25) is 0 Å². The van der Waals surface area contributed by atoms with Crippen LogP contribution < -0.4 is 10.3 Å². The largest absolute Gasteiger partial charge is 0.491 e. The first kappa shape index (κ1) is 18.1. The van der Waals surface area contributed by atoms with Crippen molar-refractivity contribution in [2.24, 2.45) is 0 Å². The van der Waals surface area contributed by atoms with Crippen LogP contribution in [0, 0.1) is 0 Å². The Labute approximate surface area is 153 Å². The van der Waals surface area contributed by atoms with Crippen molar-refractivity contribution < 1.29 is 19.4 Å². The number of esters is 1. The first-order valence-corrected chi connectivity index (χ1v) is 8.97. The van der Waals surface area contributed by atoms with Crippen LogP contribution in [0.15, 0.2) is 46.8 Å². The van der Waals surface area contributed by atoms with Crippen molar-refractivity contribution >= 4 is 27.5 Å². The molecule has 1 aromatic carbocycles. The molecule has 3 rings (SSSR count). The monoisotopic (exact) mass is 374 g/mol. The molecule has 7 nitrogen and oxygen atoms in total. The first-order chi connectivity index (χ1) is 12.6. The number of benzene rings is 1. The second-order valence-electron chi connectivity index (χ2n) is 5.55. The van der Waals surface area contributed by atoms with E-state index in [1.807, 2.05) is 5.38 Å². The number of ether oxygens (including phenoxy) is 2. The molecule has 2 heterocycles. The number of aromatic nitrogens is 2. The van der Waals surface area contributed by atoms with E-state index in [9.17, 15) is 14.7 Å². The topological polar surface area (TPSA) is 90.7 Å². The molecule has 0 aliphatic carbocycles. The van der Waals surface area contributed by atoms with Crippen LogP contribution in [0.1, 0.15) is 17.3 Å². The van der Waals surface area contributed by atoms with Gasteiger partial charge in [0, 0.05) is 0 Å². The van der Waals surface area contributed by atoms with Gasteiger partial charge in [-0.25, -0.2) is 9.78 Å². The quantitative estimate of drug-likeness (QED) is 0.637. The average molecular weight is 374 g/mol. The molecule has 0 aliphatic heterocycles. The Balaban J connectivity index is 1.58. The lowest BCUT2D eigenvalue weighted by atomic mass is 10.2. The zero-order valence-corrected chi connectivity index (χ0v) is 14.9. The molecule has 1 N–H and O–H groups in total. The number of carbonyl (C=O) groups is 1. The molecule has 1 atom stereocenters. The number of thiophene rings is 1. The Hall–Kier alpha value is -2.71. The van der Waals surface area contributed by atoms with Gasteiger partial charge in [-0.1, -0.05) is 0 Å². The minimum atomic E-state index is -0.879. The molecule has 0 fully saturated rings. The molecule has 0 unspecified atom stereocenters. The van der Waals surface area contributed by atoms with Gasteiger partial charge in [-0.3, -0.25) is 9.36 Å². The smallest absolute Gasteiger partial charge is 0.338 e. The van der Waals surface area contributed by atoms with Crippen molar-refractivity contribution in [3.8, 4) is 5.75 Å². The van der Waals surface area contributed by atoms with Crippen molar-refractivity contribution in [2.75, 3.05) is 13.2 Å². The van der Waals surface area contributed by atoms with E-state index in [0.29, 0.717) is 28.1 Å². The maximum absolute atomic E-state index is 12.3. The number of carbonyl (C=O) groups excluding carboxylic acids is 1. The van der Waals surface area contributed by atoms with Crippen molar-refractivity contribution in [2.45, 2.75) is 19.6 Å². The van der Waals surface area contributed by atoms with Crippen LogP contribution in [-0.2, 0) is 11.3 Å². The van der Waals surface area contributed by atoms with Crippen molar-refractivity contribution in [1.29, 1.82) is 0 Å². The van der Waals surface area contributed by atoms with Crippen LogP contribution in [0.4, 0.5) is 0 Å². The molecular weight excluding hydrogens is 356 g/mol. The highest BCUT2D eigenvalue weighted by Crippen LogP contribution is 2.15. The van der Waals surface area contributed by atoms with Crippen molar-refractivity contribution in [1.82, 2.24) is 9.55 Å². The van der Waals surface area contributed by atoms with E-state index in [2.05, 4.69) is 4.98 Å². The predicted molar refractivity (Wildman–Crippen MR) is 97.8 cm³/mol. The van der Waals surface area contributed by atoms with Crippen LogP contribution in [-0.4, -0.2) is 39.9 Å². The third-order valence-electron chi connectivity index (χ3n) is 3.67. The summed E-state index contributed by atoms with van der Waals surface area (Å²) in [5, 5.41) is 12.5. The fourth-order valence-electron chi connectivity index (χ4n) is 2.40. The lowest BCUT2D eigenvalue weighted by molar-refractivity contribution is 0.0526. The third-order valence-corrected chi connectivity index (χ3v) is 4.49. The van der Waals surface area contributed by atoms with Gasteiger partial charge >= 0.3 is 5.97 Å². The minimum absolute atomic E-state index is 0.00681. The summed E-state index contributed by atoms with van der Waals surface area (Å²) in [7, 11) is 0. The van der Waals surface area contributed by atoms with Gasteiger partial charge in [-0.15, -0.1) is 11.3 Å². The van der Waals surface area contributed by atoms with Crippen molar-refractivity contribution in [3.05, 3.63) is 58.0 Å². The van der Waals surface area contributed by atoms with Crippen LogP contribution in [0.5, 0.6) is 5.75 Å². The summed E-state index contributed by atoms with van der Waals surface area (Å²) in [5.74, 6) is 0.116. The summed E-state index contributed by atoms with van der Waals surface area (Å²) in [5.41, 5.74) is 0.246. The normalized spacial score (nSPS) is 12.1. The molecule has 26 heavy (non-hydrogen) atoms. The number of fused-ring (bicyclic) bond motifs is 1. The Morgan fingerprint density at radius 2 is 2.08 bits per heavy atom. The van der Waals surface area contributed by atoms with Gasteiger partial charge in [0.2, 0.25) is 0 Å². The molecular formula is C18H18N2O5S. The highest BCUT2D eigenvalue weighted by atomic mass is 32.1. The maximum atomic E-state index is 12.3. The molecule has 0 spiro atoms. The molecule has 8 heteroatoms. The van der Waals surface area contributed by atoms with Gasteiger partial charge in [0.25, 0.3) is 5.56 Å². The van der Waals surface area contributed by atoms with Crippen molar-refractivity contribution in [3.63, 3.8) is 0 Å². The molecule has 2 aromatic heterocycles. The van der Waals surface area contributed by atoms with E-state index < -0.39 is 12.1 Å². The number of aliphatic hydroxyl groups excluding tert-OH is 1. The summed E-state index contributed by atoms with van der Waals surface area (Å²) in [6.45, 7) is 2.15. The summed E-state index contributed by atoms with van der Waals surface area (Å²) in [4.78, 5) is 28.8. The van der Waals surface area contributed by atoms with Gasteiger partial charge < -0.3 is 14.6 Å². The Bertz CT molecular complexity index is 948. The summed E-state index contributed by atoms with van der Waals surface area (Å²) < 4.78 is 11.8. The molecule has 0 saturated carbocycles. The lowest BCUT2D eigenvalue weighted by Crippen LogP contribution is -2.30. The number of aliphatic hydroxyl groups is 1. The van der Waals surface area contributed by atoms with Gasteiger partial charge in [0.05, 0.1) is 30.4 Å². The Morgan fingerprint density at radius 3 is 2.81 bits per heavy atom. The summed E-state index contributed by atoms with van der Waals surface area (Å²) in [6.07, 6.45) is 0.550. The van der Waals surface area contributed by atoms with Crippen LogP contribution in [0.25, 0.3) is 10.2 Å². The third kappa shape index (κ3) is 4.09. The molecule has 0 saturated heterocycles. The van der Waals surface area contributed by atoms with E-state index in [1.54, 1.807) is 37.3 Å². The van der Waals surface area contributed by atoms with Gasteiger partial charge in [0.15, 0.2) is 0 Å². The number of nitrogens with zero attached hydrogens (tertiary/aromatic N) is 2. The number of hydrogen-bond acceptors (Lipinski definition) is 7. The zero-order valence-electron chi connectivity index (χ0n) is 14.1. The molecule has 0 amide bonds.